The van der Waals surface area contributed by atoms with Gasteiger partial charge in [0.05, 0.1) is 0 Å². The molecule has 0 fully saturated rings. The Hall–Kier alpha value is -0.413. The molecular weight excluding hydrogens is 216 g/mol. The Labute approximate surface area is 101 Å². The Balaban J connectivity index is 3.92. The van der Waals surface area contributed by atoms with E-state index in [1.54, 1.807) is 6.92 Å². The van der Waals surface area contributed by atoms with Gasteiger partial charge < -0.3 is 4.43 Å². The van der Waals surface area contributed by atoms with E-state index in [1.807, 2.05) is 0 Å². The minimum atomic E-state index is -1.64. The molecule has 0 aliphatic carbocycles. The van der Waals surface area contributed by atoms with Crippen molar-refractivity contribution in [2.24, 2.45) is 0 Å². The second-order valence-electron chi connectivity index (χ2n) is 5.92. The molecule has 0 saturated carbocycles. The summed E-state index contributed by atoms with van der Waals surface area (Å²) in [6.45, 7) is 17.2. The molecule has 0 aliphatic heterocycles. The van der Waals surface area contributed by atoms with Gasteiger partial charge in [-0.2, -0.15) is 0 Å². The van der Waals surface area contributed by atoms with Gasteiger partial charge in [-0.25, -0.2) is 0 Å². The second-order valence-corrected chi connectivity index (χ2v) is 10.7. The van der Waals surface area contributed by atoms with Crippen molar-refractivity contribution in [2.75, 3.05) is 6.61 Å². The molecule has 94 valence electrons. The third-order valence-electron chi connectivity index (χ3n) is 3.29. The quantitative estimate of drug-likeness (QED) is 0.401. The SMILES string of the molecule is C=C(C)C(=O)CCCO[Si](C)(C)C(C)(C)C. The smallest absolute Gasteiger partial charge is 0.191 e. The van der Waals surface area contributed by atoms with E-state index in [0.29, 0.717) is 18.6 Å². The van der Waals surface area contributed by atoms with E-state index in [-0.39, 0.29) is 10.8 Å². The van der Waals surface area contributed by atoms with Crippen molar-refractivity contribution in [1.29, 1.82) is 0 Å². The molecule has 0 aromatic rings. The summed E-state index contributed by atoms with van der Waals surface area (Å²) in [6.07, 6.45) is 1.36. The summed E-state index contributed by atoms with van der Waals surface area (Å²) < 4.78 is 5.98. The van der Waals surface area contributed by atoms with E-state index in [1.165, 1.54) is 0 Å². The highest BCUT2D eigenvalue weighted by Gasteiger charge is 2.36. The van der Waals surface area contributed by atoms with Gasteiger partial charge in [0.1, 0.15) is 0 Å². The van der Waals surface area contributed by atoms with Gasteiger partial charge in [0.25, 0.3) is 0 Å². The molecule has 0 unspecified atom stereocenters. The summed E-state index contributed by atoms with van der Waals surface area (Å²) in [5.41, 5.74) is 0.646. The molecule has 2 nitrogen and oxygen atoms in total. The highest BCUT2D eigenvalue weighted by atomic mass is 28.4. The summed E-state index contributed by atoms with van der Waals surface area (Å²) in [5.74, 6) is 0.152. The van der Waals surface area contributed by atoms with Gasteiger partial charge in [-0.15, -0.1) is 0 Å². The number of ketones is 1. The Morgan fingerprint density at radius 1 is 1.31 bits per heavy atom. The average Bonchev–Trinajstić information content (AvgIpc) is 2.09. The van der Waals surface area contributed by atoms with Crippen molar-refractivity contribution in [3.05, 3.63) is 12.2 Å². The molecule has 0 aliphatic rings. The first-order chi connectivity index (χ1) is 7.08. The average molecular weight is 242 g/mol. The van der Waals surface area contributed by atoms with Gasteiger partial charge in [-0.3, -0.25) is 4.79 Å². The number of carbonyl (C=O) groups is 1. The molecule has 0 aromatic heterocycles. The third kappa shape index (κ3) is 5.08. The summed E-state index contributed by atoms with van der Waals surface area (Å²) >= 11 is 0. The number of hydrogen-bond acceptors (Lipinski definition) is 2. The molecule has 16 heavy (non-hydrogen) atoms. The molecule has 0 atom stereocenters. The normalized spacial score (nSPS) is 12.6. The zero-order chi connectivity index (χ0) is 13.0. The minimum Gasteiger partial charge on any atom is -0.417 e. The van der Waals surface area contributed by atoms with Crippen LogP contribution >= 0.6 is 0 Å². The highest BCUT2D eigenvalue weighted by Crippen LogP contribution is 2.36. The summed E-state index contributed by atoms with van der Waals surface area (Å²) in [7, 11) is -1.64. The summed E-state index contributed by atoms with van der Waals surface area (Å²) in [5, 5.41) is 0.241. The van der Waals surface area contributed by atoms with Crippen molar-refractivity contribution >= 4 is 14.1 Å². The molecule has 0 bridgehead atoms. The zero-order valence-corrected chi connectivity index (χ0v) is 12.6. The van der Waals surface area contributed by atoms with Crippen LogP contribution in [-0.2, 0) is 9.22 Å². The fourth-order valence-corrected chi connectivity index (χ4v) is 2.08. The largest absolute Gasteiger partial charge is 0.417 e. The predicted molar refractivity (Wildman–Crippen MR) is 72.2 cm³/mol. The van der Waals surface area contributed by atoms with E-state index >= 15 is 0 Å². The van der Waals surface area contributed by atoms with Crippen LogP contribution in [-0.4, -0.2) is 20.7 Å². The van der Waals surface area contributed by atoms with Crippen molar-refractivity contribution < 1.29 is 9.22 Å². The number of hydrogen-bond donors (Lipinski definition) is 0. The molecule has 0 rings (SSSR count). The van der Waals surface area contributed by atoms with Crippen LogP contribution in [0.2, 0.25) is 18.1 Å². The molecule has 0 heterocycles. The summed E-state index contributed by atoms with van der Waals surface area (Å²) in [6, 6.07) is 0. The van der Waals surface area contributed by atoms with Gasteiger partial charge in [0.2, 0.25) is 0 Å². The lowest BCUT2D eigenvalue weighted by molar-refractivity contribution is -0.115. The Kier molecular flexibility index (Phi) is 5.63. The maximum Gasteiger partial charge on any atom is 0.191 e. The third-order valence-corrected chi connectivity index (χ3v) is 7.83. The molecule has 0 radical (unpaired) electrons. The van der Waals surface area contributed by atoms with Crippen LogP contribution in [0.15, 0.2) is 12.2 Å². The zero-order valence-electron chi connectivity index (χ0n) is 11.6. The van der Waals surface area contributed by atoms with Crippen molar-refractivity contribution in [3.63, 3.8) is 0 Å². The summed E-state index contributed by atoms with van der Waals surface area (Å²) in [4.78, 5) is 11.3. The van der Waals surface area contributed by atoms with E-state index in [9.17, 15) is 4.79 Å². The van der Waals surface area contributed by atoms with E-state index in [0.717, 1.165) is 6.42 Å². The van der Waals surface area contributed by atoms with E-state index in [2.05, 4.69) is 40.4 Å². The monoisotopic (exact) mass is 242 g/mol. The number of rotatable bonds is 6. The van der Waals surface area contributed by atoms with Crippen molar-refractivity contribution in [3.8, 4) is 0 Å². The van der Waals surface area contributed by atoms with Crippen molar-refractivity contribution in [1.82, 2.24) is 0 Å². The molecule has 0 aromatic carbocycles. The Morgan fingerprint density at radius 3 is 2.19 bits per heavy atom. The van der Waals surface area contributed by atoms with Gasteiger partial charge >= 0.3 is 0 Å². The van der Waals surface area contributed by atoms with Gasteiger partial charge in [0, 0.05) is 13.0 Å². The van der Waals surface area contributed by atoms with Crippen molar-refractivity contribution in [2.45, 2.75) is 58.7 Å². The second kappa shape index (κ2) is 5.78. The number of carbonyl (C=O) groups excluding carboxylic acids is 1. The first-order valence-corrected chi connectivity index (χ1v) is 8.81. The van der Waals surface area contributed by atoms with Crippen LogP contribution in [0.5, 0.6) is 0 Å². The van der Waals surface area contributed by atoms with Crippen LogP contribution in [0.25, 0.3) is 0 Å². The fraction of sp³-hybridized carbons (Fsp3) is 0.769. The van der Waals surface area contributed by atoms with Gasteiger partial charge in [-0.1, -0.05) is 27.4 Å². The van der Waals surface area contributed by atoms with Crippen LogP contribution in [0, 0.1) is 0 Å². The first-order valence-electron chi connectivity index (χ1n) is 5.90. The predicted octanol–water partition coefficient (Wildman–Crippen LogP) is 3.93. The lowest BCUT2D eigenvalue weighted by Gasteiger charge is -2.36. The topological polar surface area (TPSA) is 26.3 Å². The van der Waals surface area contributed by atoms with E-state index < -0.39 is 8.32 Å². The standard InChI is InChI=1S/C13H26O2Si/c1-11(2)12(14)9-8-10-15-16(6,7)13(3,4)5/h1,8-10H2,2-7H3. The van der Waals surface area contributed by atoms with E-state index in [4.69, 9.17) is 4.43 Å². The molecule has 3 heteroatoms. The lowest BCUT2D eigenvalue weighted by atomic mass is 10.1. The maximum atomic E-state index is 11.3. The Bertz CT molecular complexity index is 262. The fourth-order valence-electron chi connectivity index (χ4n) is 0.990. The number of allylic oxidation sites excluding steroid dienone is 1. The highest BCUT2D eigenvalue weighted by molar-refractivity contribution is 6.74. The minimum absolute atomic E-state index is 0.152. The van der Waals surface area contributed by atoms with Gasteiger partial charge in [-0.05, 0) is 37.0 Å². The Morgan fingerprint density at radius 2 is 1.81 bits per heavy atom. The number of Topliss-reactive ketones (excluding diaryl/α,β-unsaturated/α-hetero) is 1. The van der Waals surface area contributed by atoms with Gasteiger partial charge in [0.15, 0.2) is 14.1 Å². The molecule has 0 spiro atoms. The molecular formula is C13H26O2Si. The van der Waals surface area contributed by atoms with Crippen LogP contribution in [0.3, 0.4) is 0 Å². The molecule has 0 N–H and O–H groups in total. The lowest BCUT2D eigenvalue weighted by Crippen LogP contribution is -2.41. The first kappa shape index (κ1) is 15.6. The van der Waals surface area contributed by atoms with Crippen LogP contribution in [0.1, 0.15) is 40.5 Å². The molecule has 0 amide bonds. The maximum absolute atomic E-state index is 11.3. The van der Waals surface area contributed by atoms with Crippen LogP contribution < -0.4 is 0 Å². The van der Waals surface area contributed by atoms with Crippen LogP contribution in [0.4, 0.5) is 0 Å². The molecule has 0 saturated heterocycles.